The minimum Gasteiger partial charge on any atom is -0.465 e. The van der Waals surface area contributed by atoms with Crippen LogP contribution in [0.2, 0.25) is 0 Å². The molecular formula is C11H11NO2. The number of carbonyl (C=O) groups is 1. The van der Waals surface area contributed by atoms with Gasteiger partial charge in [0.15, 0.2) is 0 Å². The van der Waals surface area contributed by atoms with Crippen molar-refractivity contribution in [3.05, 3.63) is 42.2 Å². The molecule has 14 heavy (non-hydrogen) atoms. The van der Waals surface area contributed by atoms with Gasteiger partial charge in [-0.15, -0.1) is 0 Å². The van der Waals surface area contributed by atoms with Crippen LogP contribution in [0.4, 0.5) is 0 Å². The van der Waals surface area contributed by atoms with E-state index in [0.29, 0.717) is 6.42 Å². The third kappa shape index (κ3) is 1.62. The first-order valence-corrected chi connectivity index (χ1v) is 4.48. The van der Waals surface area contributed by atoms with E-state index in [4.69, 9.17) is 10.5 Å². The molecular weight excluding hydrogens is 178 g/mol. The zero-order valence-electron chi connectivity index (χ0n) is 7.64. The normalized spacial score (nSPS) is 18.4. The Kier molecular flexibility index (Phi) is 2.23. The summed E-state index contributed by atoms with van der Waals surface area (Å²) in [5.74, 6) is 0.565. The number of primary amides is 1. The maximum Gasteiger partial charge on any atom is 0.218 e. The predicted octanol–water partition coefficient (Wildman–Crippen LogP) is 1.55. The Balaban J connectivity index is 2.31. The van der Waals surface area contributed by atoms with Crippen LogP contribution in [0.1, 0.15) is 17.9 Å². The smallest absolute Gasteiger partial charge is 0.218 e. The van der Waals surface area contributed by atoms with E-state index in [2.05, 4.69) is 0 Å². The number of carbonyl (C=O) groups excluding carboxylic acids is 1. The molecule has 1 aromatic carbocycles. The summed E-state index contributed by atoms with van der Waals surface area (Å²) < 4.78 is 5.30. The van der Waals surface area contributed by atoms with Gasteiger partial charge in [-0.1, -0.05) is 18.2 Å². The number of nitrogens with two attached hydrogens (primary N) is 1. The van der Waals surface area contributed by atoms with Crippen molar-refractivity contribution in [3.63, 3.8) is 0 Å². The summed E-state index contributed by atoms with van der Waals surface area (Å²) in [6.45, 7) is 0. The Morgan fingerprint density at radius 1 is 1.43 bits per heavy atom. The van der Waals surface area contributed by atoms with Crippen LogP contribution in [0, 0.1) is 0 Å². The second-order valence-electron chi connectivity index (χ2n) is 3.26. The molecule has 0 spiro atoms. The molecule has 1 amide bonds. The van der Waals surface area contributed by atoms with E-state index < -0.39 is 0 Å². The Hall–Kier alpha value is -1.77. The minimum atomic E-state index is -0.295. The predicted molar refractivity (Wildman–Crippen MR) is 52.8 cm³/mol. The summed E-state index contributed by atoms with van der Waals surface area (Å²) in [7, 11) is 0. The summed E-state index contributed by atoms with van der Waals surface area (Å²) in [6.07, 6.45) is 3.79. The van der Waals surface area contributed by atoms with Crippen molar-refractivity contribution < 1.29 is 9.53 Å². The Bertz CT molecular complexity index is 385. The molecule has 1 heterocycles. The van der Waals surface area contributed by atoms with Gasteiger partial charge in [0.05, 0.1) is 6.26 Å². The number of para-hydroxylation sites is 1. The largest absolute Gasteiger partial charge is 0.465 e. The third-order valence-electron chi connectivity index (χ3n) is 2.25. The first kappa shape index (κ1) is 8.81. The number of allylic oxidation sites excluding steroid dienone is 1. The van der Waals surface area contributed by atoms with Gasteiger partial charge in [0.25, 0.3) is 0 Å². The van der Waals surface area contributed by atoms with E-state index >= 15 is 0 Å². The van der Waals surface area contributed by atoms with Crippen LogP contribution in [-0.4, -0.2) is 5.91 Å². The maximum absolute atomic E-state index is 10.8. The van der Waals surface area contributed by atoms with E-state index in [9.17, 15) is 4.79 Å². The zero-order chi connectivity index (χ0) is 9.97. The molecule has 1 aromatic rings. The molecule has 0 radical (unpaired) electrons. The lowest BCUT2D eigenvalue weighted by Gasteiger charge is -2.19. The van der Waals surface area contributed by atoms with Crippen molar-refractivity contribution in [2.75, 3.05) is 0 Å². The highest BCUT2D eigenvalue weighted by molar-refractivity contribution is 5.75. The summed E-state index contributed by atoms with van der Waals surface area (Å²) >= 11 is 0. The van der Waals surface area contributed by atoms with E-state index in [0.717, 1.165) is 11.3 Å². The van der Waals surface area contributed by atoms with Crippen LogP contribution in [0.3, 0.4) is 0 Å². The average molecular weight is 189 g/mol. The number of fused-ring (bicyclic) bond motifs is 1. The lowest BCUT2D eigenvalue weighted by atomic mass is 9.93. The molecule has 2 rings (SSSR count). The van der Waals surface area contributed by atoms with Gasteiger partial charge in [-0.2, -0.15) is 0 Å². The number of hydrogen-bond donors (Lipinski definition) is 1. The van der Waals surface area contributed by atoms with Gasteiger partial charge in [-0.3, -0.25) is 4.79 Å². The van der Waals surface area contributed by atoms with Crippen molar-refractivity contribution in [1.29, 1.82) is 0 Å². The Morgan fingerprint density at radius 3 is 3.00 bits per heavy atom. The van der Waals surface area contributed by atoms with Gasteiger partial charge in [-0.05, 0) is 12.1 Å². The van der Waals surface area contributed by atoms with Crippen LogP contribution in [-0.2, 0) is 4.79 Å². The molecule has 1 unspecified atom stereocenters. The third-order valence-corrected chi connectivity index (χ3v) is 2.25. The van der Waals surface area contributed by atoms with E-state index in [1.54, 1.807) is 6.26 Å². The topological polar surface area (TPSA) is 52.3 Å². The summed E-state index contributed by atoms with van der Waals surface area (Å²) in [5, 5.41) is 0. The molecule has 1 atom stereocenters. The van der Waals surface area contributed by atoms with Gasteiger partial charge in [0.1, 0.15) is 5.75 Å². The molecule has 0 saturated heterocycles. The fourth-order valence-electron chi connectivity index (χ4n) is 1.60. The molecule has 1 aliphatic rings. The number of amides is 1. The van der Waals surface area contributed by atoms with Crippen molar-refractivity contribution in [1.82, 2.24) is 0 Å². The highest BCUT2D eigenvalue weighted by Gasteiger charge is 2.18. The second-order valence-corrected chi connectivity index (χ2v) is 3.26. The molecule has 2 N–H and O–H groups in total. The summed E-state index contributed by atoms with van der Waals surface area (Å²) in [4.78, 5) is 10.8. The Morgan fingerprint density at radius 2 is 2.21 bits per heavy atom. The molecule has 0 saturated carbocycles. The van der Waals surface area contributed by atoms with E-state index in [1.807, 2.05) is 30.3 Å². The fourth-order valence-corrected chi connectivity index (χ4v) is 1.60. The van der Waals surface area contributed by atoms with Crippen LogP contribution >= 0.6 is 0 Å². The molecule has 3 nitrogen and oxygen atoms in total. The lowest BCUT2D eigenvalue weighted by molar-refractivity contribution is -0.118. The summed E-state index contributed by atoms with van der Waals surface area (Å²) in [6, 6.07) is 7.66. The zero-order valence-corrected chi connectivity index (χ0v) is 7.64. The fraction of sp³-hybridized carbons (Fsp3) is 0.182. The maximum atomic E-state index is 10.8. The van der Waals surface area contributed by atoms with E-state index in [1.165, 1.54) is 0 Å². The summed E-state index contributed by atoms with van der Waals surface area (Å²) in [5.41, 5.74) is 6.19. The van der Waals surface area contributed by atoms with Crippen LogP contribution in [0.15, 0.2) is 36.6 Å². The van der Waals surface area contributed by atoms with Gasteiger partial charge in [0, 0.05) is 17.9 Å². The van der Waals surface area contributed by atoms with Gasteiger partial charge in [-0.25, -0.2) is 0 Å². The molecule has 0 aliphatic carbocycles. The number of rotatable bonds is 2. The van der Waals surface area contributed by atoms with Gasteiger partial charge in [0.2, 0.25) is 5.91 Å². The molecule has 0 aromatic heterocycles. The Labute approximate surface area is 82.2 Å². The highest BCUT2D eigenvalue weighted by Crippen LogP contribution is 2.33. The molecule has 3 heteroatoms. The standard InChI is InChI=1S/C11H11NO2/c12-11(13)7-8-5-6-14-10-4-2-1-3-9(8)10/h1-6,8H,7H2,(H2,12,13). The average Bonchev–Trinajstić information content (AvgIpc) is 2.18. The van der Waals surface area contributed by atoms with Gasteiger partial charge < -0.3 is 10.5 Å². The second kappa shape index (κ2) is 3.54. The first-order chi connectivity index (χ1) is 6.77. The van der Waals surface area contributed by atoms with Crippen LogP contribution < -0.4 is 10.5 Å². The molecule has 0 bridgehead atoms. The number of benzene rings is 1. The minimum absolute atomic E-state index is 0.0532. The molecule has 0 fully saturated rings. The van der Waals surface area contributed by atoms with Crippen LogP contribution in [0.5, 0.6) is 5.75 Å². The molecule has 1 aliphatic heterocycles. The van der Waals surface area contributed by atoms with Crippen molar-refractivity contribution in [2.24, 2.45) is 5.73 Å². The number of ether oxygens (including phenoxy) is 1. The van der Waals surface area contributed by atoms with Gasteiger partial charge >= 0.3 is 0 Å². The SMILES string of the molecule is NC(=O)CC1C=COc2ccccc21. The quantitative estimate of drug-likeness (QED) is 0.767. The highest BCUT2D eigenvalue weighted by atomic mass is 16.5. The lowest BCUT2D eigenvalue weighted by Crippen LogP contribution is -2.16. The number of hydrogen-bond acceptors (Lipinski definition) is 2. The van der Waals surface area contributed by atoms with Crippen molar-refractivity contribution in [3.8, 4) is 5.75 Å². The van der Waals surface area contributed by atoms with Crippen LogP contribution in [0.25, 0.3) is 0 Å². The van der Waals surface area contributed by atoms with Crippen molar-refractivity contribution in [2.45, 2.75) is 12.3 Å². The monoisotopic (exact) mass is 189 g/mol. The molecule has 72 valence electrons. The van der Waals surface area contributed by atoms with E-state index in [-0.39, 0.29) is 11.8 Å². The first-order valence-electron chi connectivity index (χ1n) is 4.48. The van der Waals surface area contributed by atoms with Crippen molar-refractivity contribution >= 4 is 5.91 Å².